The van der Waals surface area contributed by atoms with E-state index in [2.05, 4.69) is 13.8 Å². The molecule has 0 atom stereocenters. The summed E-state index contributed by atoms with van der Waals surface area (Å²) in [7, 11) is 0. The number of benzene rings is 1. The zero-order chi connectivity index (χ0) is 21.8. The van der Waals surface area contributed by atoms with Crippen LogP contribution in [-0.2, 0) is 6.54 Å². The van der Waals surface area contributed by atoms with E-state index in [1.54, 1.807) is 24.3 Å². The fraction of sp³-hybridized carbons (Fsp3) is 0.261. The second kappa shape index (κ2) is 8.70. The number of carbonyl (C=O) groups excluding carboxylic acids is 1. The van der Waals surface area contributed by atoms with Crippen molar-refractivity contribution in [1.29, 1.82) is 5.26 Å². The van der Waals surface area contributed by atoms with Crippen LogP contribution < -0.4 is 10.3 Å². The van der Waals surface area contributed by atoms with Crippen molar-refractivity contribution in [3.63, 3.8) is 0 Å². The molecular formula is C23H22N2O5. The molecule has 7 heteroatoms. The summed E-state index contributed by atoms with van der Waals surface area (Å²) >= 11 is 0. The van der Waals surface area contributed by atoms with Crippen LogP contribution in [0.15, 0.2) is 51.9 Å². The molecule has 2 heterocycles. The highest BCUT2D eigenvalue weighted by molar-refractivity contribution is 6.01. The Labute approximate surface area is 173 Å². The van der Waals surface area contributed by atoms with Crippen LogP contribution in [0.1, 0.15) is 52.6 Å². The monoisotopic (exact) mass is 406 g/mol. The molecular weight excluding hydrogens is 384 g/mol. The molecule has 7 nitrogen and oxygen atoms in total. The summed E-state index contributed by atoms with van der Waals surface area (Å²) in [5, 5.41) is 20.1. The molecule has 0 aliphatic rings. The summed E-state index contributed by atoms with van der Waals surface area (Å²) < 4.78 is 11.7. The number of aromatic hydroxyl groups is 1. The molecule has 0 saturated heterocycles. The maximum Gasteiger partial charge on any atom is 0.271 e. The average Bonchev–Trinajstić information content (AvgIpc) is 3.23. The van der Waals surface area contributed by atoms with E-state index >= 15 is 0 Å². The Balaban J connectivity index is 1.91. The van der Waals surface area contributed by atoms with Crippen molar-refractivity contribution in [3.05, 3.63) is 81.0 Å². The maximum absolute atomic E-state index is 12.8. The number of Topliss-reactive ketones (excluding diaryl/α,β-unsaturated/α-hetero) is 1. The summed E-state index contributed by atoms with van der Waals surface area (Å²) in [5.41, 5.74) is 0.261. The molecule has 0 aliphatic heterocycles. The summed E-state index contributed by atoms with van der Waals surface area (Å²) in [6.45, 7) is 5.16. The van der Waals surface area contributed by atoms with Crippen molar-refractivity contribution in [2.24, 2.45) is 0 Å². The number of furan rings is 1. The van der Waals surface area contributed by atoms with Gasteiger partial charge in [-0.25, -0.2) is 0 Å². The quantitative estimate of drug-likeness (QED) is 0.599. The Hall–Kier alpha value is -3.79. The number of ketones is 1. The summed E-state index contributed by atoms with van der Waals surface area (Å²) in [6, 6.07) is 12.5. The Bertz CT molecular complexity index is 1150. The molecule has 0 fully saturated rings. The molecule has 0 bridgehead atoms. The number of rotatable bonds is 7. The van der Waals surface area contributed by atoms with Gasteiger partial charge in [-0.2, -0.15) is 5.26 Å². The number of hydrogen-bond donors (Lipinski definition) is 1. The third-order valence-corrected chi connectivity index (χ3v) is 4.89. The predicted octanol–water partition coefficient (Wildman–Crippen LogP) is 3.76. The first-order valence-electron chi connectivity index (χ1n) is 9.48. The van der Waals surface area contributed by atoms with Crippen LogP contribution in [0.4, 0.5) is 0 Å². The number of ether oxygens (including phenoxy) is 1. The first kappa shape index (κ1) is 20.9. The number of pyridine rings is 1. The Morgan fingerprint density at radius 3 is 2.53 bits per heavy atom. The van der Waals surface area contributed by atoms with E-state index in [-0.39, 0.29) is 29.8 Å². The van der Waals surface area contributed by atoms with E-state index in [4.69, 9.17) is 9.15 Å². The van der Waals surface area contributed by atoms with Gasteiger partial charge in [-0.1, -0.05) is 26.0 Å². The number of nitriles is 1. The van der Waals surface area contributed by atoms with Gasteiger partial charge in [0.05, 0.1) is 18.4 Å². The van der Waals surface area contributed by atoms with Crippen molar-refractivity contribution in [2.45, 2.75) is 33.2 Å². The first-order valence-corrected chi connectivity index (χ1v) is 9.48. The lowest BCUT2D eigenvalue weighted by Crippen LogP contribution is -2.28. The van der Waals surface area contributed by atoms with Crippen molar-refractivity contribution in [3.8, 4) is 17.7 Å². The molecule has 30 heavy (non-hydrogen) atoms. The number of aromatic nitrogens is 1. The Kier molecular flexibility index (Phi) is 6.07. The van der Waals surface area contributed by atoms with Gasteiger partial charge >= 0.3 is 0 Å². The van der Waals surface area contributed by atoms with Crippen molar-refractivity contribution < 1.29 is 19.1 Å². The normalized spacial score (nSPS) is 10.8. The van der Waals surface area contributed by atoms with Gasteiger partial charge in [-0.05, 0) is 48.2 Å². The average molecular weight is 406 g/mol. The highest BCUT2D eigenvalue weighted by Crippen LogP contribution is 2.24. The molecule has 2 aromatic heterocycles. The second-order valence-electron chi connectivity index (χ2n) is 7.22. The van der Waals surface area contributed by atoms with E-state index in [1.807, 2.05) is 18.2 Å². The molecule has 0 amide bonds. The smallest absolute Gasteiger partial charge is 0.271 e. The minimum Gasteiger partial charge on any atom is -0.494 e. The largest absolute Gasteiger partial charge is 0.494 e. The van der Waals surface area contributed by atoms with Gasteiger partial charge in [0.15, 0.2) is 6.61 Å². The maximum atomic E-state index is 12.8. The van der Waals surface area contributed by atoms with Crippen molar-refractivity contribution in [1.82, 2.24) is 4.57 Å². The second-order valence-corrected chi connectivity index (χ2v) is 7.22. The molecule has 3 rings (SSSR count). The molecule has 0 unspecified atom stereocenters. The van der Waals surface area contributed by atoms with Gasteiger partial charge in [0, 0.05) is 0 Å². The molecule has 154 valence electrons. The lowest BCUT2D eigenvalue weighted by atomic mass is 10.0. The summed E-state index contributed by atoms with van der Waals surface area (Å²) in [5.74, 6) is 0.230. The third-order valence-electron chi connectivity index (χ3n) is 4.89. The van der Waals surface area contributed by atoms with E-state index < -0.39 is 17.2 Å². The fourth-order valence-corrected chi connectivity index (χ4v) is 3.16. The third kappa shape index (κ3) is 4.13. The van der Waals surface area contributed by atoms with Gasteiger partial charge in [0.2, 0.25) is 11.7 Å². The van der Waals surface area contributed by atoms with Crippen LogP contribution in [0, 0.1) is 18.3 Å². The molecule has 3 aromatic rings. The van der Waals surface area contributed by atoms with Crippen molar-refractivity contribution >= 4 is 5.78 Å². The number of nitrogens with zero attached hydrogens (tertiary/aromatic N) is 2. The minimum atomic E-state index is -0.689. The SMILES string of the molecule is Cc1c(C(=O)COc2ccc(C(C)C)cc2)c(O)n(Cc2ccco2)c(=O)c1C#N. The summed E-state index contributed by atoms with van der Waals surface area (Å²) in [6.07, 6.45) is 1.43. The zero-order valence-electron chi connectivity index (χ0n) is 17.0. The predicted molar refractivity (Wildman–Crippen MR) is 110 cm³/mol. The van der Waals surface area contributed by atoms with Crippen LogP contribution in [0.5, 0.6) is 11.6 Å². The topological polar surface area (TPSA) is 105 Å². The molecule has 1 N–H and O–H groups in total. The standard InChI is InChI=1S/C23H22N2O5/c1-14(2)16-6-8-17(9-7-16)30-13-20(26)21-15(3)19(11-24)22(27)25(23(21)28)12-18-5-4-10-29-18/h4-10,14,28H,12-13H2,1-3H3. The van der Waals surface area contributed by atoms with Gasteiger partial charge < -0.3 is 14.3 Å². The highest BCUT2D eigenvalue weighted by atomic mass is 16.5. The van der Waals surface area contributed by atoms with Crippen LogP contribution in [0.25, 0.3) is 0 Å². The lowest BCUT2D eigenvalue weighted by molar-refractivity contribution is 0.0916. The molecule has 0 saturated carbocycles. The fourth-order valence-electron chi connectivity index (χ4n) is 3.16. The van der Waals surface area contributed by atoms with E-state index in [0.717, 1.165) is 10.1 Å². The van der Waals surface area contributed by atoms with Gasteiger partial charge in [0.25, 0.3) is 5.56 Å². The highest BCUT2D eigenvalue weighted by Gasteiger charge is 2.24. The van der Waals surface area contributed by atoms with E-state index in [9.17, 15) is 20.0 Å². The Morgan fingerprint density at radius 1 is 1.27 bits per heavy atom. The van der Waals surface area contributed by atoms with Crippen LogP contribution in [0.2, 0.25) is 0 Å². The minimum absolute atomic E-state index is 0.107. The number of hydrogen-bond acceptors (Lipinski definition) is 6. The van der Waals surface area contributed by atoms with Crippen LogP contribution in [-0.4, -0.2) is 22.1 Å². The molecule has 0 radical (unpaired) electrons. The van der Waals surface area contributed by atoms with Crippen LogP contribution >= 0.6 is 0 Å². The van der Waals surface area contributed by atoms with Gasteiger partial charge in [-0.15, -0.1) is 0 Å². The molecule has 0 aliphatic carbocycles. The van der Waals surface area contributed by atoms with E-state index in [0.29, 0.717) is 17.4 Å². The van der Waals surface area contributed by atoms with Crippen molar-refractivity contribution in [2.75, 3.05) is 6.61 Å². The van der Waals surface area contributed by atoms with Gasteiger partial charge in [0.1, 0.15) is 23.1 Å². The summed E-state index contributed by atoms with van der Waals surface area (Å²) in [4.78, 5) is 25.4. The van der Waals surface area contributed by atoms with Crippen LogP contribution in [0.3, 0.4) is 0 Å². The van der Waals surface area contributed by atoms with E-state index in [1.165, 1.54) is 13.2 Å². The zero-order valence-corrected chi connectivity index (χ0v) is 17.0. The first-order chi connectivity index (χ1) is 14.3. The molecule has 1 aromatic carbocycles. The van der Waals surface area contributed by atoms with Gasteiger partial charge in [-0.3, -0.25) is 14.2 Å². The molecule has 0 spiro atoms. The Morgan fingerprint density at radius 2 is 1.97 bits per heavy atom. The number of carbonyl (C=O) groups is 1. The lowest BCUT2D eigenvalue weighted by Gasteiger charge is -2.15.